The third-order valence-corrected chi connectivity index (χ3v) is 2.85. The summed E-state index contributed by atoms with van der Waals surface area (Å²) >= 11 is 0. The van der Waals surface area contributed by atoms with Crippen LogP contribution in [0.15, 0.2) is 12.1 Å². The van der Waals surface area contributed by atoms with E-state index in [2.05, 4.69) is 26.1 Å². The van der Waals surface area contributed by atoms with Crippen molar-refractivity contribution in [2.24, 2.45) is 5.92 Å². The highest BCUT2D eigenvalue weighted by molar-refractivity contribution is 5.53. The molecule has 1 aromatic rings. The van der Waals surface area contributed by atoms with Crippen molar-refractivity contribution in [2.75, 3.05) is 27.4 Å². The molecule has 0 aliphatic heterocycles. The molecule has 0 radical (unpaired) electrons. The fourth-order valence-corrected chi connectivity index (χ4v) is 1.89. The van der Waals surface area contributed by atoms with Gasteiger partial charge in [0, 0.05) is 6.54 Å². The molecule has 0 heterocycles. The maximum Gasteiger partial charge on any atom is 0.203 e. The number of ether oxygens (including phenoxy) is 3. The fraction of sp³-hybridized carbons (Fsp3) is 0.625. The minimum absolute atomic E-state index is 0.631. The topological polar surface area (TPSA) is 39.7 Å². The van der Waals surface area contributed by atoms with Gasteiger partial charge in [0.1, 0.15) is 0 Å². The van der Waals surface area contributed by atoms with E-state index in [1.54, 1.807) is 14.2 Å². The Hall–Kier alpha value is -1.42. The molecule has 0 amide bonds. The number of methoxy groups -OCH3 is 2. The van der Waals surface area contributed by atoms with Crippen molar-refractivity contribution in [1.82, 2.24) is 5.32 Å². The lowest BCUT2D eigenvalue weighted by Gasteiger charge is -2.16. The van der Waals surface area contributed by atoms with Crippen LogP contribution >= 0.6 is 0 Å². The van der Waals surface area contributed by atoms with Gasteiger partial charge in [0.25, 0.3) is 0 Å². The summed E-state index contributed by atoms with van der Waals surface area (Å²) in [6.07, 6.45) is 0.948. The Morgan fingerprint density at radius 1 is 1.10 bits per heavy atom. The van der Waals surface area contributed by atoms with Gasteiger partial charge in [-0.2, -0.15) is 0 Å². The van der Waals surface area contributed by atoms with E-state index in [1.807, 2.05) is 12.1 Å². The van der Waals surface area contributed by atoms with Crippen molar-refractivity contribution < 1.29 is 14.2 Å². The van der Waals surface area contributed by atoms with Crippen molar-refractivity contribution in [2.45, 2.75) is 33.7 Å². The molecule has 0 aliphatic carbocycles. The maximum atomic E-state index is 5.73. The summed E-state index contributed by atoms with van der Waals surface area (Å²) in [4.78, 5) is 0. The zero-order chi connectivity index (χ0) is 15.0. The van der Waals surface area contributed by atoms with Crippen molar-refractivity contribution in [3.63, 3.8) is 0 Å². The molecule has 4 nitrogen and oxygen atoms in total. The van der Waals surface area contributed by atoms with E-state index in [4.69, 9.17) is 14.2 Å². The van der Waals surface area contributed by atoms with E-state index in [9.17, 15) is 0 Å². The minimum Gasteiger partial charge on any atom is -0.493 e. The highest BCUT2D eigenvalue weighted by Gasteiger charge is 2.13. The van der Waals surface area contributed by atoms with Crippen molar-refractivity contribution in [3.8, 4) is 17.2 Å². The molecule has 0 atom stereocenters. The summed E-state index contributed by atoms with van der Waals surface area (Å²) in [6.45, 7) is 8.88. The third kappa shape index (κ3) is 4.93. The fourth-order valence-electron chi connectivity index (χ4n) is 1.89. The lowest BCUT2D eigenvalue weighted by molar-refractivity contribution is 0.274. The number of hydrogen-bond donors (Lipinski definition) is 1. The highest BCUT2D eigenvalue weighted by atomic mass is 16.5. The molecule has 1 aromatic carbocycles. The normalized spacial score (nSPS) is 10.7. The first kappa shape index (κ1) is 16.6. The summed E-state index contributed by atoms with van der Waals surface area (Å²) in [5.74, 6) is 2.76. The number of benzene rings is 1. The van der Waals surface area contributed by atoms with Crippen LogP contribution in [-0.2, 0) is 6.54 Å². The van der Waals surface area contributed by atoms with Gasteiger partial charge in [0.05, 0.1) is 20.8 Å². The predicted octanol–water partition coefficient (Wildman–Crippen LogP) is 3.24. The van der Waals surface area contributed by atoms with Gasteiger partial charge in [-0.05, 0) is 36.6 Å². The zero-order valence-corrected chi connectivity index (χ0v) is 13.3. The first-order valence-electron chi connectivity index (χ1n) is 7.20. The van der Waals surface area contributed by atoms with Crippen LogP contribution in [0.25, 0.3) is 0 Å². The van der Waals surface area contributed by atoms with E-state index in [0.717, 1.165) is 36.6 Å². The van der Waals surface area contributed by atoms with Crippen LogP contribution in [0.3, 0.4) is 0 Å². The summed E-state index contributed by atoms with van der Waals surface area (Å²) in [5, 5.41) is 3.41. The van der Waals surface area contributed by atoms with Crippen LogP contribution in [0.2, 0.25) is 0 Å². The number of rotatable bonds is 9. The Kier molecular flexibility index (Phi) is 7.23. The summed E-state index contributed by atoms with van der Waals surface area (Å²) in [6, 6.07) is 4.00. The molecule has 0 saturated heterocycles. The molecule has 0 unspecified atom stereocenters. The molecule has 1 rings (SSSR count). The Bertz CT molecular complexity index is 380. The van der Waals surface area contributed by atoms with Crippen molar-refractivity contribution in [3.05, 3.63) is 17.7 Å². The highest BCUT2D eigenvalue weighted by Crippen LogP contribution is 2.38. The Balaban J connectivity index is 2.87. The van der Waals surface area contributed by atoms with E-state index < -0.39 is 0 Å². The minimum atomic E-state index is 0.631. The van der Waals surface area contributed by atoms with Crippen LogP contribution in [0.5, 0.6) is 17.2 Å². The second kappa shape index (κ2) is 8.69. The Labute approximate surface area is 122 Å². The molecule has 0 spiro atoms. The molecule has 0 aliphatic rings. The lowest BCUT2D eigenvalue weighted by atomic mass is 10.1. The average Bonchev–Trinajstić information content (AvgIpc) is 2.44. The zero-order valence-electron chi connectivity index (χ0n) is 13.3. The maximum absolute atomic E-state index is 5.73. The standard InChI is InChI=1S/C16H27NO3/c1-6-7-20-16-14(18-4)8-13(9-15(16)19-5)11-17-10-12(2)3/h8-9,12,17H,6-7,10-11H2,1-5H3. The van der Waals surface area contributed by atoms with Gasteiger partial charge in [-0.3, -0.25) is 0 Å². The largest absolute Gasteiger partial charge is 0.493 e. The van der Waals surface area contributed by atoms with E-state index in [-0.39, 0.29) is 0 Å². The van der Waals surface area contributed by atoms with Gasteiger partial charge < -0.3 is 19.5 Å². The summed E-state index contributed by atoms with van der Waals surface area (Å²) < 4.78 is 16.6. The van der Waals surface area contributed by atoms with Crippen LogP contribution in [0, 0.1) is 5.92 Å². The van der Waals surface area contributed by atoms with Crippen LogP contribution < -0.4 is 19.5 Å². The number of hydrogen-bond acceptors (Lipinski definition) is 4. The third-order valence-electron chi connectivity index (χ3n) is 2.85. The predicted molar refractivity (Wildman–Crippen MR) is 81.9 cm³/mol. The summed E-state index contributed by atoms with van der Waals surface area (Å²) in [7, 11) is 3.30. The smallest absolute Gasteiger partial charge is 0.203 e. The molecule has 4 heteroatoms. The first-order valence-corrected chi connectivity index (χ1v) is 7.20. The molecule has 0 fully saturated rings. The van der Waals surface area contributed by atoms with Gasteiger partial charge in [-0.25, -0.2) is 0 Å². The molecule has 0 aromatic heterocycles. The van der Waals surface area contributed by atoms with Crippen molar-refractivity contribution in [1.29, 1.82) is 0 Å². The summed E-state index contributed by atoms with van der Waals surface area (Å²) in [5.41, 5.74) is 1.13. The first-order chi connectivity index (χ1) is 9.62. The van der Waals surface area contributed by atoms with Gasteiger partial charge in [-0.15, -0.1) is 0 Å². The monoisotopic (exact) mass is 281 g/mol. The Morgan fingerprint density at radius 3 is 2.15 bits per heavy atom. The van der Waals surface area contributed by atoms with Crippen LogP contribution in [0.4, 0.5) is 0 Å². The van der Waals surface area contributed by atoms with Gasteiger partial charge in [-0.1, -0.05) is 20.8 Å². The second-order valence-electron chi connectivity index (χ2n) is 5.20. The number of nitrogens with one attached hydrogen (secondary N) is 1. The van der Waals surface area contributed by atoms with Crippen LogP contribution in [0.1, 0.15) is 32.8 Å². The SMILES string of the molecule is CCCOc1c(OC)cc(CNCC(C)C)cc1OC. The Morgan fingerprint density at radius 2 is 1.70 bits per heavy atom. The molecular weight excluding hydrogens is 254 g/mol. The average molecular weight is 281 g/mol. The molecule has 0 bridgehead atoms. The quantitative estimate of drug-likeness (QED) is 0.754. The molecule has 1 N–H and O–H groups in total. The van der Waals surface area contributed by atoms with Crippen molar-refractivity contribution >= 4 is 0 Å². The molecule has 20 heavy (non-hydrogen) atoms. The van der Waals surface area contributed by atoms with E-state index in [0.29, 0.717) is 18.3 Å². The van der Waals surface area contributed by atoms with Gasteiger partial charge in [0.15, 0.2) is 11.5 Å². The molecule has 0 saturated carbocycles. The molecular formula is C16H27NO3. The second-order valence-corrected chi connectivity index (χ2v) is 5.20. The van der Waals surface area contributed by atoms with Crippen LogP contribution in [-0.4, -0.2) is 27.4 Å². The van der Waals surface area contributed by atoms with E-state index in [1.165, 1.54) is 0 Å². The van der Waals surface area contributed by atoms with Gasteiger partial charge in [0.2, 0.25) is 5.75 Å². The lowest BCUT2D eigenvalue weighted by Crippen LogP contribution is -2.19. The van der Waals surface area contributed by atoms with Gasteiger partial charge >= 0.3 is 0 Å². The van der Waals surface area contributed by atoms with E-state index >= 15 is 0 Å². The molecule has 114 valence electrons.